The minimum absolute atomic E-state index is 0.0654. The van der Waals surface area contributed by atoms with E-state index in [2.05, 4.69) is 18.7 Å². The standard InChI is InChI=1S/C16H24ClN3/c1-3-16(4-2)7-8-20(11-16)10-13-6-5-12(15(18)19)9-14(13)17/h5-6,9H,3-4,7-8,10-11H2,1-2H3,(H3,18,19). The van der Waals surface area contributed by atoms with Crippen LogP contribution in [0.2, 0.25) is 5.02 Å². The molecule has 1 aromatic rings. The highest BCUT2D eigenvalue weighted by Gasteiger charge is 2.34. The molecule has 1 aliphatic rings. The van der Waals surface area contributed by atoms with E-state index in [0.29, 0.717) is 16.0 Å². The molecule has 3 nitrogen and oxygen atoms in total. The maximum absolute atomic E-state index is 7.44. The van der Waals surface area contributed by atoms with Gasteiger partial charge in [0.15, 0.2) is 0 Å². The zero-order valence-electron chi connectivity index (χ0n) is 12.4. The number of hydrogen-bond acceptors (Lipinski definition) is 2. The summed E-state index contributed by atoms with van der Waals surface area (Å²) in [6, 6.07) is 5.67. The maximum Gasteiger partial charge on any atom is 0.122 e. The van der Waals surface area contributed by atoms with E-state index in [-0.39, 0.29) is 5.84 Å². The van der Waals surface area contributed by atoms with Gasteiger partial charge in [-0.3, -0.25) is 10.3 Å². The lowest BCUT2D eigenvalue weighted by Gasteiger charge is -2.26. The molecule has 110 valence electrons. The topological polar surface area (TPSA) is 53.1 Å². The van der Waals surface area contributed by atoms with Crippen molar-refractivity contribution in [3.05, 3.63) is 34.3 Å². The minimum Gasteiger partial charge on any atom is -0.384 e. The largest absolute Gasteiger partial charge is 0.384 e. The number of hydrogen-bond donors (Lipinski definition) is 2. The van der Waals surface area contributed by atoms with E-state index in [4.69, 9.17) is 22.7 Å². The Bertz CT molecular complexity index is 494. The van der Waals surface area contributed by atoms with Crippen LogP contribution in [0.5, 0.6) is 0 Å². The van der Waals surface area contributed by atoms with Gasteiger partial charge in [0.25, 0.3) is 0 Å². The van der Waals surface area contributed by atoms with Gasteiger partial charge in [-0.2, -0.15) is 0 Å². The lowest BCUT2D eigenvalue weighted by molar-refractivity contribution is 0.236. The molecule has 0 saturated carbocycles. The molecule has 1 saturated heterocycles. The molecule has 1 fully saturated rings. The summed E-state index contributed by atoms with van der Waals surface area (Å²) in [5.41, 5.74) is 7.79. The van der Waals surface area contributed by atoms with Crippen molar-refractivity contribution in [2.45, 2.75) is 39.7 Å². The highest BCUT2D eigenvalue weighted by Crippen LogP contribution is 2.37. The summed E-state index contributed by atoms with van der Waals surface area (Å²) in [7, 11) is 0. The smallest absolute Gasteiger partial charge is 0.122 e. The van der Waals surface area contributed by atoms with E-state index in [0.717, 1.165) is 25.2 Å². The summed E-state index contributed by atoms with van der Waals surface area (Å²) < 4.78 is 0. The summed E-state index contributed by atoms with van der Waals surface area (Å²) >= 11 is 6.31. The van der Waals surface area contributed by atoms with Gasteiger partial charge in [0, 0.05) is 23.7 Å². The van der Waals surface area contributed by atoms with Crippen LogP contribution in [0, 0.1) is 10.8 Å². The first-order valence-electron chi connectivity index (χ1n) is 7.35. The molecule has 0 spiro atoms. The predicted octanol–water partition coefficient (Wildman–Crippen LogP) is 3.64. The number of benzene rings is 1. The second-order valence-electron chi connectivity index (χ2n) is 5.89. The predicted molar refractivity (Wildman–Crippen MR) is 85.4 cm³/mol. The van der Waals surface area contributed by atoms with Gasteiger partial charge in [-0.05, 0) is 42.9 Å². The Morgan fingerprint density at radius 2 is 2.10 bits per heavy atom. The number of rotatable bonds is 5. The average molecular weight is 294 g/mol. The summed E-state index contributed by atoms with van der Waals surface area (Å²) in [6.07, 6.45) is 3.77. The van der Waals surface area contributed by atoms with E-state index in [1.54, 1.807) is 6.07 Å². The monoisotopic (exact) mass is 293 g/mol. The highest BCUT2D eigenvalue weighted by molar-refractivity contribution is 6.31. The van der Waals surface area contributed by atoms with Crippen molar-refractivity contribution < 1.29 is 0 Å². The fourth-order valence-electron chi connectivity index (χ4n) is 3.07. The minimum atomic E-state index is 0.0654. The molecular weight excluding hydrogens is 270 g/mol. The average Bonchev–Trinajstić information content (AvgIpc) is 2.85. The second kappa shape index (κ2) is 6.15. The first-order valence-corrected chi connectivity index (χ1v) is 7.72. The van der Waals surface area contributed by atoms with Crippen molar-refractivity contribution in [3.63, 3.8) is 0 Å². The molecule has 0 unspecified atom stereocenters. The first kappa shape index (κ1) is 15.3. The molecule has 0 bridgehead atoms. The van der Waals surface area contributed by atoms with Gasteiger partial charge < -0.3 is 5.73 Å². The molecule has 1 aromatic carbocycles. The van der Waals surface area contributed by atoms with Gasteiger partial charge in [-0.1, -0.05) is 37.6 Å². The number of nitrogens with two attached hydrogens (primary N) is 1. The third-order valence-corrected chi connectivity index (χ3v) is 5.13. The van der Waals surface area contributed by atoms with Gasteiger partial charge in [0.2, 0.25) is 0 Å². The van der Waals surface area contributed by atoms with Crippen molar-refractivity contribution in [1.82, 2.24) is 4.90 Å². The van der Waals surface area contributed by atoms with Crippen LogP contribution in [0.25, 0.3) is 0 Å². The van der Waals surface area contributed by atoms with Crippen LogP contribution in [0.3, 0.4) is 0 Å². The summed E-state index contributed by atoms with van der Waals surface area (Å²) in [6.45, 7) is 7.78. The van der Waals surface area contributed by atoms with Crippen LogP contribution in [0.15, 0.2) is 18.2 Å². The third kappa shape index (κ3) is 3.15. The van der Waals surface area contributed by atoms with E-state index >= 15 is 0 Å². The van der Waals surface area contributed by atoms with E-state index in [1.807, 2.05) is 12.1 Å². The Morgan fingerprint density at radius 3 is 2.60 bits per heavy atom. The molecule has 20 heavy (non-hydrogen) atoms. The fraction of sp³-hybridized carbons (Fsp3) is 0.562. The van der Waals surface area contributed by atoms with E-state index in [9.17, 15) is 0 Å². The molecule has 1 aliphatic heterocycles. The number of nitrogen functional groups attached to an aromatic ring is 1. The number of likely N-dealkylation sites (tertiary alicyclic amines) is 1. The number of amidine groups is 1. The normalized spacial score (nSPS) is 18.4. The molecule has 0 atom stereocenters. The van der Waals surface area contributed by atoms with Crippen molar-refractivity contribution in [1.29, 1.82) is 5.41 Å². The van der Waals surface area contributed by atoms with Gasteiger partial charge >= 0.3 is 0 Å². The Kier molecular flexibility index (Phi) is 4.71. The Balaban J connectivity index is 2.06. The Labute approximate surface area is 126 Å². The van der Waals surface area contributed by atoms with Gasteiger partial charge in [0.1, 0.15) is 5.84 Å². The molecule has 0 aliphatic carbocycles. The van der Waals surface area contributed by atoms with Crippen molar-refractivity contribution in [3.8, 4) is 0 Å². The zero-order chi connectivity index (χ0) is 14.8. The molecule has 1 heterocycles. The van der Waals surface area contributed by atoms with Crippen LogP contribution >= 0.6 is 11.6 Å². The molecular formula is C16H24ClN3. The fourth-order valence-corrected chi connectivity index (χ4v) is 3.31. The molecule has 2 rings (SSSR count). The summed E-state index contributed by atoms with van der Waals surface area (Å²) in [5.74, 6) is 0.0654. The van der Waals surface area contributed by atoms with Crippen LogP contribution < -0.4 is 5.73 Å². The zero-order valence-corrected chi connectivity index (χ0v) is 13.1. The highest BCUT2D eigenvalue weighted by atomic mass is 35.5. The molecule has 0 amide bonds. The lowest BCUT2D eigenvalue weighted by Crippen LogP contribution is -2.26. The lowest BCUT2D eigenvalue weighted by atomic mass is 9.82. The number of nitrogens with one attached hydrogen (secondary N) is 1. The van der Waals surface area contributed by atoms with Crippen molar-refractivity contribution in [2.24, 2.45) is 11.1 Å². The van der Waals surface area contributed by atoms with E-state index in [1.165, 1.54) is 19.3 Å². The number of nitrogens with zero attached hydrogens (tertiary/aromatic N) is 1. The van der Waals surface area contributed by atoms with Crippen molar-refractivity contribution >= 4 is 17.4 Å². The maximum atomic E-state index is 7.44. The number of halogens is 1. The second-order valence-corrected chi connectivity index (χ2v) is 6.29. The summed E-state index contributed by atoms with van der Waals surface area (Å²) in [5, 5.41) is 8.15. The van der Waals surface area contributed by atoms with Crippen LogP contribution in [0.1, 0.15) is 44.2 Å². The van der Waals surface area contributed by atoms with Gasteiger partial charge in [0.05, 0.1) is 0 Å². The van der Waals surface area contributed by atoms with Crippen LogP contribution in [-0.4, -0.2) is 23.8 Å². The van der Waals surface area contributed by atoms with Gasteiger partial charge in [-0.15, -0.1) is 0 Å². The molecule has 0 aromatic heterocycles. The Hall–Kier alpha value is -1.06. The molecule has 0 radical (unpaired) electrons. The van der Waals surface area contributed by atoms with Crippen LogP contribution in [-0.2, 0) is 6.54 Å². The van der Waals surface area contributed by atoms with E-state index < -0.39 is 0 Å². The Morgan fingerprint density at radius 1 is 1.40 bits per heavy atom. The summed E-state index contributed by atoms with van der Waals surface area (Å²) in [4.78, 5) is 2.49. The molecule has 4 heteroatoms. The van der Waals surface area contributed by atoms with Crippen LogP contribution in [0.4, 0.5) is 0 Å². The molecule has 3 N–H and O–H groups in total. The third-order valence-electron chi connectivity index (χ3n) is 4.78. The van der Waals surface area contributed by atoms with Gasteiger partial charge in [-0.25, -0.2) is 0 Å². The quantitative estimate of drug-likeness (QED) is 0.643. The van der Waals surface area contributed by atoms with Crippen molar-refractivity contribution in [2.75, 3.05) is 13.1 Å². The first-order chi connectivity index (χ1) is 9.49. The SMILES string of the molecule is CCC1(CC)CCN(Cc2ccc(C(=N)N)cc2Cl)C1.